The topological polar surface area (TPSA) is 66.6 Å². The van der Waals surface area contributed by atoms with Crippen molar-refractivity contribution in [3.63, 3.8) is 0 Å². The number of hydrogen-bond acceptors (Lipinski definition) is 2. The molecule has 1 heterocycles. The molecule has 0 bridgehead atoms. The first kappa shape index (κ1) is 9.61. The molecule has 0 aliphatic carbocycles. The predicted octanol–water partition coefficient (Wildman–Crippen LogP) is 2.45. The normalized spacial score (nSPS) is 11.0. The summed E-state index contributed by atoms with van der Waals surface area (Å²) in [6.45, 7) is 6.52. The summed E-state index contributed by atoms with van der Waals surface area (Å²) in [7, 11) is 0. The molecule has 0 spiro atoms. The van der Waals surface area contributed by atoms with Gasteiger partial charge in [-0.2, -0.15) is 5.10 Å². The number of nitrogens with zero attached hydrogens (tertiary/aromatic N) is 5. The molecule has 0 saturated heterocycles. The van der Waals surface area contributed by atoms with Gasteiger partial charge in [0.1, 0.15) is 0 Å². The molecule has 0 N–H and O–H groups in total. The lowest BCUT2D eigenvalue weighted by molar-refractivity contribution is 0.353. The van der Waals surface area contributed by atoms with E-state index in [1.54, 1.807) is 0 Å². The summed E-state index contributed by atoms with van der Waals surface area (Å²) in [5.74, 6) is 0. The van der Waals surface area contributed by atoms with Crippen LogP contribution in [-0.2, 0) is 12.1 Å². The first-order valence-electron chi connectivity index (χ1n) is 4.10. The van der Waals surface area contributed by atoms with E-state index in [0.717, 1.165) is 5.69 Å². The van der Waals surface area contributed by atoms with Crippen LogP contribution in [0.25, 0.3) is 10.4 Å². The van der Waals surface area contributed by atoms with Crippen molar-refractivity contribution in [3.05, 3.63) is 28.4 Å². The minimum atomic E-state index is -0.0192. The smallest absolute Gasteiger partial charge is 0.0702 e. The van der Waals surface area contributed by atoms with Crippen LogP contribution in [0.4, 0.5) is 0 Å². The van der Waals surface area contributed by atoms with Gasteiger partial charge in [0.05, 0.1) is 17.8 Å². The minimum Gasteiger partial charge on any atom is -0.267 e. The van der Waals surface area contributed by atoms with Gasteiger partial charge in [0, 0.05) is 11.1 Å². The Labute approximate surface area is 77.0 Å². The SMILES string of the molecule is CC(C)(C)n1ccc(CN=[N+]=[N-])n1. The third kappa shape index (κ3) is 2.49. The van der Waals surface area contributed by atoms with Crippen molar-refractivity contribution in [2.75, 3.05) is 0 Å². The number of hydrogen-bond donors (Lipinski definition) is 0. The molecule has 0 fully saturated rings. The molecule has 5 heteroatoms. The molecule has 0 aliphatic rings. The van der Waals surface area contributed by atoms with Crippen LogP contribution in [0.1, 0.15) is 26.5 Å². The number of rotatable bonds is 2. The summed E-state index contributed by atoms with van der Waals surface area (Å²) in [5, 5.41) is 7.71. The van der Waals surface area contributed by atoms with Crippen LogP contribution in [0.15, 0.2) is 17.4 Å². The van der Waals surface area contributed by atoms with Crippen LogP contribution in [0.3, 0.4) is 0 Å². The minimum absolute atomic E-state index is 0.0192. The summed E-state index contributed by atoms with van der Waals surface area (Å²) in [5.41, 5.74) is 8.90. The average molecular weight is 179 g/mol. The van der Waals surface area contributed by atoms with Gasteiger partial charge in [-0.1, -0.05) is 5.11 Å². The van der Waals surface area contributed by atoms with Crippen LogP contribution < -0.4 is 0 Å². The van der Waals surface area contributed by atoms with Gasteiger partial charge in [-0.3, -0.25) is 4.68 Å². The second kappa shape index (κ2) is 3.49. The molecule has 0 saturated carbocycles. The van der Waals surface area contributed by atoms with E-state index in [0.29, 0.717) is 6.54 Å². The van der Waals surface area contributed by atoms with Gasteiger partial charge in [-0.05, 0) is 32.4 Å². The molecule has 0 atom stereocenters. The van der Waals surface area contributed by atoms with Gasteiger partial charge in [-0.25, -0.2) is 0 Å². The van der Waals surface area contributed by atoms with Crippen molar-refractivity contribution in [2.24, 2.45) is 5.11 Å². The zero-order chi connectivity index (χ0) is 9.90. The lowest BCUT2D eigenvalue weighted by Crippen LogP contribution is -2.22. The van der Waals surface area contributed by atoms with E-state index in [1.165, 1.54) is 0 Å². The average Bonchev–Trinajstić information content (AvgIpc) is 2.47. The highest BCUT2D eigenvalue weighted by atomic mass is 15.3. The van der Waals surface area contributed by atoms with Crippen molar-refractivity contribution in [3.8, 4) is 0 Å². The molecule has 0 aliphatic heterocycles. The molecule has 1 aromatic rings. The van der Waals surface area contributed by atoms with E-state index in [1.807, 2.05) is 16.9 Å². The van der Waals surface area contributed by atoms with E-state index in [-0.39, 0.29) is 5.54 Å². The van der Waals surface area contributed by atoms with E-state index in [2.05, 4.69) is 35.9 Å². The summed E-state index contributed by atoms with van der Waals surface area (Å²) in [6.07, 6.45) is 1.89. The quantitative estimate of drug-likeness (QED) is 0.390. The molecule has 0 aromatic carbocycles. The number of azide groups is 1. The first-order chi connectivity index (χ1) is 6.04. The lowest BCUT2D eigenvalue weighted by Gasteiger charge is -2.18. The molecular weight excluding hydrogens is 166 g/mol. The fourth-order valence-corrected chi connectivity index (χ4v) is 0.924. The maximum Gasteiger partial charge on any atom is 0.0702 e. The molecule has 1 rings (SSSR count). The van der Waals surface area contributed by atoms with Gasteiger partial charge >= 0.3 is 0 Å². The van der Waals surface area contributed by atoms with Crippen molar-refractivity contribution in [1.82, 2.24) is 9.78 Å². The highest BCUT2D eigenvalue weighted by molar-refractivity contribution is 5.00. The van der Waals surface area contributed by atoms with Crippen molar-refractivity contribution in [1.29, 1.82) is 0 Å². The summed E-state index contributed by atoms with van der Waals surface area (Å²) in [4.78, 5) is 2.68. The monoisotopic (exact) mass is 179 g/mol. The Morgan fingerprint density at radius 1 is 1.62 bits per heavy atom. The van der Waals surface area contributed by atoms with Gasteiger partial charge in [0.2, 0.25) is 0 Å². The maximum absolute atomic E-state index is 8.12. The zero-order valence-electron chi connectivity index (χ0n) is 8.10. The van der Waals surface area contributed by atoms with Crippen LogP contribution in [0.2, 0.25) is 0 Å². The highest BCUT2D eigenvalue weighted by Gasteiger charge is 2.13. The van der Waals surface area contributed by atoms with Crippen molar-refractivity contribution in [2.45, 2.75) is 32.9 Å². The third-order valence-electron chi connectivity index (χ3n) is 1.63. The van der Waals surface area contributed by atoms with Crippen LogP contribution in [-0.4, -0.2) is 9.78 Å². The maximum atomic E-state index is 8.12. The molecule has 0 unspecified atom stereocenters. The molecule has 0 radical (unpaired) electrons. The Hall–Kier alpha value is -1.48. The molecule has 5 nitrogen and oxygen atoms in total. The Bertz CT molecular complexity index is 327. The summed E-state index contributed by atoms with van der Waals surface area (Å²) < 4.78 is 1.86. The predicted molar refractivity (Wildman–Crippen MR) is 50.1 cm³/mol. The fraction of sp³-hybridized carbons (Fsp3) is 0.625. The number of aromatic nitrogens is 2. The first-order valence-corrected chi connectivity index (χ1v) is 4.10. The lowest BCUT2D eigenvalue weighted by atomic mass is 10.1. The fourth-order valence-electron chi connectivity index (χ4n) is 0.924. The second-order valence-corrected chi connectivity index (χ2v) is 3.81. The molecule has 70 valence electrons. The summed E-state index contributed by atoms with van der Waals surface area (Å²) >= 11 is 0. The van der Waals surface area contributed by atoms with Gasteiger partial charge < -0.3 is 0 Å². The van der Waals surface area contributed by atoms with Crippen LogP contribution in [0, 0.1) is 0 Å². The van der Waals surface area contributed by atoms with E-state index in [9.17, 15) is 0 Å². The van der Waals surface area contributed by atoms with E-state index >= 15 is 0 Å². The van der Waals surface area contributed by atoms with E-state index in [4.69, 9.17) is 5.53 Å². The zero-order valence-corrected chi connectivity index (χ0v) is 8.10. The van der Waals surface area contributed by atoms with Crippen LogP contribution >= 0.6 is 0 Å². The Kier molecular flexibility index (Phi) is 2.58. The Morgan fingerprint density at radius 3 is 2.77 bits per heavy atom. The van der Waals surface area contributed by atoms with Crippen LogP contribution in [0.5, 0.6) is 0 Å². The summed E-state index contributed by atoms with van der Waals surface area (Å²) in [6, 6.07) is 1.86. The van der Waals surface area contributed by atoms with Crippen molar-refractivity contribution >= 4 is 0 Å². The standard InChI is InChI=1S/C8H13N5/c1-8(2,3)13-5-4-7(11-13)6-10-12-9/h4-5H,6H2,1-3H3. The largest absolute Gasteiger partial charge is 0.267 e. The molecule has 0 amide bonds. The Balaban J connectivity index is 2.80. The molecule has 1 aromatic heterocycles. The van der Waals surface area contributed by atoms with Gasteiger partial charge in [0.25, 0.3) is 0 Å². The highest BCUT2D eigenvalue weighted by Crippen LogP contribution is 2.12. The second-order valence-electron chi connectivity index (χ2n) is 3.81. The van der Waals surface area contributed by atoms with Gasteiger partial charge in [-0.15, -0.1) is 0 Å². The Morgan fingerprint density at radius 2 is 2.31 bits per heavy atom. The van der Waals surface area contributed by atoms with Crippen molar-refractivity contribution < 1.29 is 0 Å². The molecule has 13 heavy (non-hydrogen) atoms. The van der Waals surface area contributed by atoms with Gasteiger partial charge in [0.15, 0.2) is 0 Å². The van der Waals surface area contributed by atoms with E-state index < -0.39 is 0 Å². The third-order valence-corrected chi connectivity index (χ3v) is 1.63. The molecular formula is C8H13N5.